The lowest BCUT2D eigenvalue weighted by Gasteiger charge is -2.08. The van der Waals surface area contributed by atoms with Gasteiger partial charge in [0.1, 0.15) is 0 Å². The van der Waals surface area contributed by atoms with Gasteiger partial charge in [-0.1, -0.05) is 87.6 Å². The largest absolute Gasteiger partial charge is 0.466 e. The zero-order chi connectivity index (χ0) is 26.0. The average Bonchev–Trinajstić information content (AvgIpc) is 2.87. The summed E-state index contributed by atoms with van der Waals surface area (Å²) in [5.74, 6) is -0.850. The molecule has 0 bridgehead atoms. The minimum absolute atomic E-state index is 0.168. The zero-order valence-corrected chi connectivity index (χ0v) is 21.6. The number of benzene rings is 2. The molecule has 196 valence electrons. The van der Waals surface area contributed by atoms with Crippen LogP contribution in [-0.4, -0.2) is 37.7 Å². The highest BCUT2D eigenvalue weighted by Crippen LogP contribution is 2.19. The van der Waals surface area contributed by atoms with Gasteiger partial charge in [0.05, 0.1) is 26.2 Å². The highest BCUT2D eigenvalue weighted by molar-refractivity contribution is 5.89. The van der Waals surface area contributed by atoms with Crippen molar-refractivity contribution in [2.45, 2.75) is 77.6 Å². The molecule has 0 aliphatic rings. The Kier molecular flexibility index (Phi) is 14.0. The van der Waals surface area contributed by atoms with Crippen LogP contribution in [0.25, 0.3) is 10.8 Å². The number of unbranched alkanes of at least 4 members (excludes halogenated alkanes) is 7. The molecule has 0 atom stereocenters. The monoisotopic (exact) mass is 496 g/mol. The number of ether oxygens (including phenoxy) is 3. The molecule has 0 amide bonds. The van der Waals surface area contributed by atoms with E-state index in [2.05, 4.69) is 18.7 Å². The Bertz CT molecular complexity index is 975. The normalized spacial score (nSPS) is 10.7. The third kappa shape index (κ3) is 12.0. The zero-order valence-electron chi connectivity index (χ0n) is 21.6. The van der Waals surface area contributed by atoms with Crippen molar-refractivity contribution in [3.8, 4) is 0 Å². The van der Waals surface area contributed by atoms with Crippen LogP contribution in [0.2, 0.25) is 0 Å². The van der Waals surface area contributed by atoms with E-state index in [4.69, 9.17) is 14.2 Å². The maximum Gasteiger partial charge on any atom is 0.333 e. The van der Waals surface area contributed by atoms with Crippen LogP contribution in [-0.2, 0) is 35.0 Å². The minimum Gasteiger partial charge on any atom is -0.466 e. The van der Waals surface area contributed by atoms with E-state index in [-0.39, 0.29) is 25.0 Å². The van der Waals surface area contributed by atoms with Gasteiger partial charge in [-0.2, -0.15) is 0 Å². The number of esters is 3. The van der Waals surface area contributed by atoms with E-state index in [9.17, 15) is 14.4 Å². The predicted molar refractivity (Wildman–Crippen MR) is 142 cm³/mol. The summed E-state index contributed by atoms with van der Waals surface area (Å²) in [6.07, 6.45) is 9.43. The van der Waals surface area contributed by atoms with E-state index in [0.717, 1.165) is 67.7 Å². The summed E-state index contributed by atoms with van der Waals surface area (Å²) in [5.41, 5.74) is 1.36. The van der Waals surface area contributed by atoms with Crippen LogP contribution < -0.4 is 0 Å². The second-order valence-electron chi connectivity index (χ2n) is 9.10. The van der Waals surface area contributed by atoms with Gasteiger partial charge in [0, 0.05) is 12.0 Å². The Morgan fingerprint density at radius 3 is 1.89 bits per heavy atom. The van der Waals surface area contributed by atoms with E-state index in [1.165, 1.54) is 0 Å². The Labute approximate surface area is 215 Å². The molecule has 0 aromatic heterocycles. The van der Waals surface area contributed by atoms with Crippen molar-refractivity contribution in [2.75, 3.05) is 19.8 Å². The number of hydrogen-bond donors (Lipinski definition) is 0. The van der Waals surface area contributed by atoms with Gasteiger partial charge in [-0.15, -0.1) is 0 Å². The van der Waals surface area contributed by atoms with Crippen LogP contribution in [0.4, 0.5) is 0 Å². The van der Waals surface area contributed by atoms with Gasteiger partial charge >= 0.3 is 17.9 Å². The number of rotatable bonds is 18. The highest BCUT2D eigenvalue weighted by atomic mass is 16.5. The van der Waals surface area contributed by atoms with Gasteiger partial charge in [0.25, 0.3) is 0 Å². The molecule has 2 aromatic carbocycles. The molecule has 6 nitrogen and oxygen atoms in total. The summed E-state index contributed by atoms with van der Waals surface area (Å²) >= 11 is 0. The summed E-state index contributed by atoms with van der Waals surface area (Å²) in [7, 11) is 0. The Balaban J connectivity index is 1.38. The summed E-state index contributed by atoms with van der Waals surface area (Å²) < 4.78 is 15.6. The van der Waals surface area contributed by atoms with Crippen molar-refractivity contribution < 1.29 is 28.6 Å². The maximum absolute atomic E-state index is 12.2. The van der Waals surface area contributed by atoms with E-state index < -0.39 is 5.97 Å². The number of carbonyl (C=O) groups excluding carboxylic acids is 3. The summed E-state index contributed by atoms with van der Waals surface area (Å²) in [4.78, 5) is 35.1. The molecular formula is C30H40O6. The van der Waals surface area contributed by atoms with E-state index in [1.54, 1.807) is 6.92 Å². The first-order valence-corrected chi connectivity index (χ1v) is 13.1. The van der Waals surface area contributed by atoms with E-state index >= 15 is 0 Å². The van der Waals surface area contributed by atoms with Crippen LogP contribution >= 0.6 is 0 Å². The van der Waals surface area contributed by atoms with E-state index in [0.29, 0.717) is 31.6 Å². The van der Waals surface area contributed by atoms with Gasteiger partial charge in [-0.25, -0.2) is 4.79 Å². The fraction of sp³-hybridized carbons (Fsp3) is 0.500. The van der Waals surface area contributed by atoms with E-state index in [1.807, 2.05) is 30.3 Å². The first-order chi connectivity index (χ1) is 17.5. The average molecular weight is 497 g/mol. The summed E-state index contributed by atoms with van der Waals surface area (Å²) in [6, 6.07) is 14.1. The topological polar surface area (TPSA) is 78.9 Å². The lowest BCUT2D eigenvalue weighted by molar-refractivity contribution is -0.146. The fourth-order valence-corrected chi connectivity index (χ4v) is 3.87. The third-order valence-electron chi connectivity index (χ3n) is 5.89. The molecule has 6 heteroatoms. The van der Waals surface area contributed by atoms with Crippen LogP contribution in [0.1, 0.15) is 76.7 Å². The fourth-order valence-electron chi connectivity index (χ4n) is 3.87. The molecule has 2 rings (SSSR count). The first-order valence-electron chi connectivity index (χ1n) is 13.1. The van der Waals surface area contributed by atoms with Crippen LogP contribution in [0.15, 0.2) is 54.6 Å². The molecule has 0 fully saturated rings. The smallest absolute Gasteiger partial charge is 0.333 e. The summed E-state index contributed by atoms with van der Waals surface area (Å²) in [6.45, 7) is 6.21. The lowest BCUT2D eigenvalue weighted by atomic mass is 10.0. The molecule has 0 radical (unpaired) electrons. The molecule has 0 N–H and O–H groups in total. The molecule has 0 unspecified atom stereocenters. The van der Waals surface area contributed by atoms with Crippen molar-refractivity contribution in [2.24, 2.45) is 0 Å². The number of fused-ring (bicyclic) bond motifs is 1. The second kappa shape index (κ2) is 17.3. The minimum atomic E-state index is -0.431. The Hall–Kier alpha value is -3.15. The second-order valence-corrected chi connectivity index (χ2v) is 9.10. The Morgan fingerprint density at radius 1 is 0.667 bits per heavy atom. The SMILES string of the molecule is C=C(C)C(=O)OCCCC(=O)OCCCCCCCCCCOC(=O)Cc1cccc2ccccc12. The molecule has 0 spiro atoms. The van der Waals surface area contributed by atoms with Crippen molar-refractivity contribution in [3.05, 3.63) is 60.2 Å². The molecule has 36 heavy (non-hydrogen) atoms. The van der Waals surface area contributed by atoms with Crippen molar-refractivity contribution in [1.29, 1.82) is 0 Å². The van der Waals surface area contributed by atoms with Crippen molar-refractivity contribution in [3.63, 3.8) is 0 Å². The molecule has 0 aliphatic heterocycles. The molecule has 0 saturated heterocycles. The predicted octanol–water partition coefficient (Wildman–Crippen LogP) is 6.49. The van der Waals surface area contributed by atoms with Gasteiger partial charge in [0.15, 0.2) is 0 Å². The Morgan fingerprint density at radius 2 is 1.22 bits per heavy atom. The number of hydrogen-bond acceptors (Lipinski definition) is 6. The number of carbonyl (C=O) groups is 3. The molecule has 0 heterocycles. The molecule has 0 saturated carbocycles. The van der Waals surface area contributed by atoms with Gasteiger partial charge in [-0.05, 0) is 42.5 Å². The standard InChI is InChI=1S/C30H40O6/c1-24(2)30(33)36-22-14-19-28(31)34-20-11-7-5-3-4-6-8-12-21-35-29(32)23-26-17-13-16-25-15-9-10-18-27(25)26/h9-10,13,15-18H,1,3-8,11-12,14,19-23H2,2H3. The van der Waals surface area contributed by atoms with Crippen molar-refractivity contribution >= 4 is 28.7 Å². The van der Waals surface area contributed by atoms with Crippen LogP contribution in [0.5, 0.6) is 0 Å². The quantitative estimate of drug-likeness (QED) is 0.102. The lowest BCUT2D eigenvalue weighted by Crippen LogP contribution is -2.10. The third-order valence-corrected chi connectivity index (χ3v) is 5.89. The summed E-state index contributed by atoms with van der Waals surface area (Å²) in [5, 5.41) is 2.24. The molecule has 2 aromatic rings. The van der Waals surface area contributed by atoms with Crippen LogP contribution in [0.3, 0.4) is 0 Å². The molecular weight excluding hydrogens is 456 g/mol. The molecule has 0 aliphatic carbocycles. The van der Waals surface area contributed by atoms with Gasteiger partial charge < -0.3 is 14.2 Å². The van der Waals surface area contributed by atoms with Crippen molar-refractivity contribution in [1.82, 2.24) is 0 Å². The van der Waals surface area contributed by atoms with Gasteiger partial charge in [-0.3, -0.25) is 9.59 Å². The van der Waals surface area contributed by atoms with Gasteiger partial charge in [0.2, 0.25) is 0 Å². The highest BCUT2D eigenvalue weighted by Gasteiger charge is 2.08. The first kappa shape index (κ1) is 29.1. The van der Waals surface area contributed by atoms with Crippen LogP contribution in [0, 0.1) is 0 Å². The maximum atomic E-state index is 12.2.